The first-order valence-corrected chi connectivity index (χ1v) is 7.62. The lowest BCUT2D eigenvalue weighted by Crippen LogP contribution is -2.24. The van der Waals surface area contributed by atoms with Crippen molar-refractivity contribution >= 4 is 29.0 Å². The maximum absolute atomic E-state index is 6.49. The summed E-state index contributed by atoms with van der Waals surface area (Å²) in [6.45, 7) is 2.26. The lowest BCUT2D eigenvalue weighted by molar-refractivity contribution is 0.399. The fraction of sp³-hybridized carbons (Fsp3) is 0.389. The predicted molar refractivity (Wildman–Crippen MR) is 90.9 cm³/mol. The summed E-state index contributed by atoms with van der Waals surface area (Å²) in [5, 5.41) is 1.11. The van der Waals surface area contributed by atoms with Crippen molar-refractivity contribution in [3.63, 3.8) is 0 Å². The number of rotatable bonds is 1. The van der Waals surface area contributed by atoms with Gasteiger partial charge in [0.05, 0.1) is 5.52 Å². The van der Waals surface area contributed by atoms with Crippen LogP contribution in [0.4, 0.5) is 5.69 Å². The molecule has 21 heavy (non-hydrogen) atoms. The van der Waals surface area contributed by atoms with Crippen LogP contribution in [0.2, 0.25) is 0 Å². The van der Waals surface area contributed by atoms with Gasteiger partial charge in [-0.25, -0.2) is 0 Å². The Morgan fingerprint density at radius 3 is 2.86 bits per heavy atom. The Labute approximate surface area is 131 Å². The minimum atomic E-state index is 0. The monoisotopic (exact) mass is 300 g/mol. The van der Waals surface area contributed by atoms with Gasteiger partial charge in [-0.3, -0.25) is 4.98 Å². The van der Waals surface area contributed by atoms with Crippen LogP contribution in [0.15, 0.2) is 35.9 Å². The Bertz CT molecular complexity index is 720. The Morgan fingerprint density at radius 2 is 2.05 bits per heavy atom. The molecule has 1 aromatic heterocycles. The molecule has 110 valence electrons. The van der Waals surface area contributed by atoms with Gasteiger partial charge in [0.2, 0.25) is 0 Å². The van der Waals surface area contributed by atoms with E-state index in [0.29, 0.717) is 5.92 Å². The summed E-state index contributed by atoms with van der Waals surface area (Å²) in [7, 11) is 0. The van der Waals surface area contributed by atoms with Gasteiger partial charge in [-0.15, -0.1) is 12.4 Å². The van der Waals surface area contributed by atoms with Gasteiger partial charge in [0.15, 0.2) is 0 Å². The van der Waals surface area contributed by atoms with Gasteiger partial charge in [0, 0.05) is 28.2 Å². The zero-order valence-electron chi connectivity index (χ0n) is 12.3. The number of hydrogen-bond acceptors (Lipinski definition) is 2. The molecule has 0 amide bonds. The Balaban J connectivity index is 0.00000132. The number of nitrogens with two attached hydrogens (primary N) is 1. The third-order valence-corrected chi connectivity index (χ3v) is 4.93. The van der Waals surface area contributed by atoms with Crippen LogP contribution >= 0.6 is 12.4 Å². The average Bonchev–Trinajstić information content (AvgIpc) is 2.46. The maximum atomic E-state index is 6.49. The van der Waals surface area contributed by atoms with Crippen LogP contribution in [0.1, 0.15) is 43.4 Å². The van der Waals surface area contributed by atoms with Crippen molar-refractivity contribution in [3.05, 3.63) is 47.2 Å². The van der Waals surface area contributed by atoms with Crippen molar-refractivity contribution in [2.45, 2.75) is 38.5 Å². The van der Waals surface area contributed by atoms with E-state index >= 15 is 0 Å². The van der Waals surface area contributed by atoms with Gasteiger partial charge < -0.3 is 5.73 Å². The van der Waals surface area contributed by atoms with Crippen molar-refractivity contribution in [2.24, 2.45) is 5.92 Å². The second kappa shape index (κ2) is 5.34. The van der Waals surface area contributed by atoms with E-state index in [1.54, 1.807) is 5.57 Å². The molecular formula is C18H21ClN2. The first-order valence-electron chi connectivity index (χ1n) is 7.62. The van der Waals surface area contributed by atoms with Crippen LogP contribution in [0.5, 0.6) is 0 Å². The standard InChI is InChI=1S/C18H20N2.ClH/c1-2-11-7-12-9-13(8-11)17-16(10-12)20-15-6-4-3-5-14(15)18(17)19;/h3-6,8,12-13H,2,7,9-10H2,1H3,(H2,19,20);1H. The highest BCUT2D eigenvalue weighted by Gasteiger charge is 2.32. The van der Waals surface area contributed by atoms with Gasteiger partial charge in [0.25, 0.3) is 0 Å². The van der Waals surface area contributed by atoms with Crippen LogP contribution in [0, 0.1) is 5.92 Å². The van der Waals surface area contributed by atoms with Crippen LogP contribution in [0.3, 0.4) is 0 Å². The third kappa shape index (κ3) is 2.22. The first-order chi connectivity index (χ1) is 9.76. The molecule has 2 bridgehead atoms. The second-order valence-electron chi connectivity index (χ2n) is 6.20. The fourth-order valence-electron chi connectivity index (χ4n) is 4.00. The summed E-state index contributed by atoms with van der Waals surface area (Å²) in [6, 6.07) is 8.26. The van der Waals surface area contributed by atoms with E-state index in [0.717, 1.165) is 28.9 Å². The average molecular weight is 301 g/mol. The number of allylic oxidation sites excluding steroid dienone is 2. The van der Waals surface area contributed by atoms with E-state index in [1.807, 2.05) is 12.1 Å². The maximum Gasteiger partial charge on any atom is 0.0726 e. The number of hydrogen-bond donors (Lipinski definition) is 1. The summed E-state index contributed by atoms with van der Waals surface area (Å²) in [6.07, 6.45) is 7.23. The molecule has 2 unspecified atom stereocenters. The van der Waals surface area contributed by atoms with Crippen molar-refractivity contribution in [1.82, 2.24) is 4.98 Å². The number of pyridine rings is 1. The highest BCUT2D eigenvalue weighted by molar-refractivity contribution is 5.92. The molecule has 2 N–H and O–H groups in total. The van der Waals surface area contributed by atoms with E-state index in [1.165, 1.54) is 30.5 Å². The molecular weight excluding hydrogens is 280 g/mol. The molecule has 0 aliphatic heterocycles. The highest BCUT2D eigenvalue weighted by atomic mass is 35.5. The van der Waals surface area contributed by atoms with Crippen molar-refractivity contribution in [2.75, 3.05) is 5.73 Å². The summed E-state index contributed by atoms with van der Waals surface area (Å²) in [5.41, 5.74) is 12.7. The Morgan fingerprint density at radius 1 is 1.24 bits per heavy atom. The molecule has 2 aliphatic rings. The van der Waals surface area contributed by atoms with Gasteiger partial charge in [0.1, 0.15) is 0 Å². The number of nitrogen functional groups attached to an aromatic ring is 1. The second-order valence-corrected chi connectivity index (χ2v) is 6.20. The number of para-hydroxylation sites is 1. The minimum absolute atomic E-state index is 0. The van der Waals surface area contributed by atoms with Crippen LogP contribution in [0.25, 0.3) is 10.9 Å². The van der Waals surface area contributed by atoms with E-state index in [9.17, 15) is 0 Å². The molecule has 4 rings (SSSR count). The van der Waals surface area contributed by atoms with Crippen molar-refractivity contribution in [1.29, 1.82) is 0 Å². The number of anilines is 1. The van der Waals surface area contributed by atoms with E-state index in [4.69, 9.17) is 10.7 Å². The molecule has 2 aliphatic carbocycles. The van der Waals surface area contributed by atoms with Crippen molar-refractivity contribution in [3.8, 4) is 0 Å². The molecule has 1 heterocycles. The number of benzene rings is 1. The number of aromatic nitrogens is 1. The summed E-state index contributed by atoms with van der Waals surface area (Å²) in [4.78, 5) is 4.90. The quantitative estimate of drug-likeness (QED) is 0.780. The molecule has 0 spiro atoms. The predicted octanol–water partition coefficient (Wildman–Crippen LogP) is 4.62. The highest BCUT2D eigenvalue weighted by Crippen LogP contribution is 2.46. The van der Waals surface area contributed by atoms with E-state index in [2.05, 4.69) is 25.1 Å². The normalized spacial score (nSPS) is 23.2. The van der Waals surface area contributed by atoms with Crippen LogP contribution < -0.4 is 5.73 Å². The van der Waals surface area contributed by atoms with Gasteiger partial charge in [-0.2, -0.15) is 0 Å². The SMILES string of the molecule is CCC1=CC2CC(C1)Cc1nc3ccccc3c(N)c12.Cl. The zero-order chi connectivity index (χ0) is 13.7. The lowest BCUT2D eigenvalue weighted by atomic mass is 9.71. The summed E-state index contributed by atoms with van der Waals surface area (Å²) < 4.78 is 0. The summed E-state index contributed by atoms with van der Waals surface area (Å²) in [5.74, 6) is 1.25. The molecule has 3 heteroatoms. The molecule has 1 aromatic carbocycles. The smallest absolute Gasteiger partial charge is 0.0726 e. The Kier molecular flexibility index (Phi) is 3.66. The Hall–Kier alpha value is -1.54. The minimum Gasteiger partial charge on any atom is -0.398 e. The topological polar surface area (TPSA) is 38.9 Å². The molecule has 2 nitrogen and oxygen atoms in total. The first kappa shape index (κ1) is 14.4. The molecule has 2 atom stereocenters. The van der Waals surface area contributed by atoms with Gasteiger partial charge >= 0.3 is 0 Å². The van der Waals surface area contributed by atoms with Crippen molar-refractivity contribution < 1.29 is 0 Å². The van der Waals surface area contributed by atoms with Gasteiger partial charge in [-0.05, 0) is 37.7 Å². The fourth-order valence-corrected chi connectivity index (χ4v) is 4.00. The molecule has 2 aromatic rings. The molecule has 0 saturated heterocycles. The zero-order valence-corrected chi connectivity index (χ0v) is 13.1. The lowest BCUT2D eigenvalue weighted by Gasteiger charge is -2.35. The molecule has 0 fully saturated rings. The van der Waals surface area contributed by atoms with Gasteiger partial charge in [-0.1, -0.05) is 36.8 Å². The third-order valence-electron chi connectivity index (χ3n) is 4.93. The van der Waals surface area contributed by atoms with E-state index < -0.39 is 0 Å². The number of fused-ring (bicyclic) bond motifs is 5. The molecule has 0 saturated carbocycles. The largest absolute Gasteiger partial charge is 0.398 e. The van der Waals surface area contributed by atoms with Crippen LogP contribution in [-0.4, -0.2) is 4.98 Å². The summed E-state index contributed by atoms with van der Waals surface area (Å²) >= 11 is 0. The number of nitrogens with zero attached hydrogens (tertiary/aromatic N) is 1. The van der Waals surface area contributed by atoms with Crippen LogP contribution in [-0.2, 0) is 6.42 Å². The van der Waals surface area contributed by atoms with E-state index in [-0.39, 0.29) is 12.4 Å². The number of halogens is 1. The molecule has 0 radical (unpaired) electrons.